The van der Waals surface area contributed by atoms with E-state index in [4.69, 9.17) is 34.2 Å². The molecule has 2 heterocycles. The fourth-order valence-corrected chi connectivity index (χ4v) is 3.72. The van der Waals surface area contributed by atoms with Crippen molar-refractivity contribution in [2.75, 3.05) is 6.61 Å². The monoisotopic (exact) mass is 495 g/mol. The smallest absolute Gasteiger partial charge is 0.397 e. The lowest BCUT2D eigenvalue weighted by atomic mass is 9.89. The molecule has 0 aromatic heterocycles. The predicted octanol–water partition coefficient (Wildman–Crippen LogP) is -3.25. The third-order valence-corrected chi connectivity index (χ3v) is 5.32. The highest BCUT2D eigenvalue weighted by Crippen LogP contribution is 2.31. The normalized spacial score (nSPS) is 37.0. The van der Waals surface area contributed by atoms with Gasteiger partial charge in [0, 0.05) is 5.92 Å². The number of aliphatic hydroxyl groups excluding tert-OH is 2. The molecule has 0 spiro atoms. The van der Waals surface area contributed by atoms with E-state index in [1.807, 2.05) is 0 Å². The van der Waals surface area contributed by atoms with Crippen LogP contribution in [-0.4, -0.2) is 96.9 Å². The Bertz CT molecular complexity index is 902. The first-order chi connectivity index (χ1) is 14.1. The molecule has 8 atom stereocenters. The second kappa shape index (κ2) is 9.58. The van der Waals surface area contributed by atoms with Crippen molar-refractivity contribution < 1.29 is 68.6 Å². The highest BCUT2D eigenvalue weighted by molar-refractivity contribution is 7.81. The van der Waals surface area contributed by atoms with Crippen molar-refractivity contribution in [3.05, 3.63) is 11.8 Å². The van der Waals surface area contributed by atoms with Crippen molar-refractivity contribution in [1.82, 2.24) is 0 Å². The summed E-state index contributed by atoms with van der Waals surface area (Å²) in [6, 6.07) is -1.13. The van der Waals surface area contributed by atoms with Crippen molar-refractivity contribution in [3.63, 3.8) is 0 Å². The highest BCUT2D eigenvalue weighted by atomic mass is 32.3. The van der Waals surface area contributed by atoms with Gasteiger partial charge >= 0.3 is 26.8 Å². The van der Waals surface area contributed by atoms with E-state index in [1.54, 1.807) is 0 Å². The molecule has 1 saturated heterocycles. The van der Waals surface area contributed by atoms with E-state index in [2.05, 4.69) is 8.37 Å². The Labute approximate surface area is 176 Å². The topological polar surface area (TPSA) is 259 Å². The standard InChI is InChI=1S/C13H21NO15S2/c1-4-8(14)12(18)26-7(3-25-30(19,20)21)9(4)28-13-10(29-31(22,23)24)5(15)2-6(27-13)11(16)17/h2,4-5,7-10,12-13,15,18H,3,14H2,1H3,(H,16,17)(H,19,20,21)(H,22,23,24)/t4-,5+,7?,8?,9+,10?,12?,13+/m1/s1. The zero-order chi connectivity index (χ0) is 23.7. The number of carboxylic acids is 1. The van der Waals surface area contributed by atoms with Crippen LogP contribution in [0.25, 0.3) is 0 Å². The molecule has 0 aliphatic carbocycles. The van der Waals surface area contributed by atoms with Crippen LogP contribution >= 0.6 is 0 Å². The first kappa shape index (κ1) is 25.8. The Morgan fingerprint density at radius 3 is 2.29 bits per heavy atom. The summed E-state index contributed by atoms with van der Waals surface area (Å²) in [5.41, 5.74) is 5.77. The Morgan fingerprint density at radius 2 is 1.77 bits per heavy atom. The van der Waals surface area contributed by atoms with Gasteiger partial charge in [-0.1, -0.05) is 6.92 Å². The van der Waals surface area contributed by atoms with E-state index in [-0.39, 0.29) is 0 Å². The summed E-state index contributed by atoms with van der Waals surface area (Å²) >= 11 is 0. The van der Waals surface area contributed by atoms with Gasteiger partial charge in [-0.05, 0) is 6.08 Å². The third-order valence-electron chi connectivity index (χ3n) is 4.42. The Balaban J connectivity index is 2.34. The van der Waals surface area contributed by atoms with Crippen LogP contribution in [0.4, 0.5) is 0 Å². The van der Waals surface area contributed by atoms with Crippen LogP contribution in [0.3, 0.4) is 0 Å². The fourth-order valence-electron chi connectivity index (χ4n) is 2.93. The first-order valence-corrected chi connectivity index (χ1v) is 11.1. The highest BCUT2D eigenvalue weighted by Gasteiger charge is 2.48. The van der Waals surface area contributed by atoms with Crippen LogP contribution < -0.4 is 5.73 Å². The largest absolute Gasteiger partial charge is 0.475 e. The molecule has 7 N–H and O–H groups in total. The van der Waals surface area contributed by atoms with E-state index in [9.17, 15) is 31.8 Å². The maximum Gasteiger partial charge on any atom is 0.397 e. The molecule has 2 aliphatic heterocycles. The molecule has 0 bridgehead atoms. The summed E-state index contributed by atoms with van der Waals surface area (Å²) < 4.78 is 85.8. The Morgan fingerprint density at radius 1 is 1.16 bits per heavy atom. The summed E-state index contributed by atoms with van der Waals surface area (Å²) in [5, 5.41) is 29.0. The predicted molar refractivity (Wildman–Crippen MR) is 93.4 cm³/mol. The number of rotatable bonds is 8. The minimum atomic E-state index is -5.17. The molecule has 16 nitrogen and oxygen atoms in total. The number of hydrogen-bond donors (Lipinski definition) is 6. The van der Waals surface area contributed by atoms with Crippen LogP contribution in [0.2, 0.25) is 0 Å². The molecule has 4 unspecified atom stereocenters. The average molecular weight is 495 g/mol. The zero-order valence-electron chi connectivity index (χ0n) is 15.6. The number of aliphatic hydroxyl groups is 2. The van der Waals surface area contributed by atoms with Gasteiger partial charge in [-0.25, -0.2) is 13.2 Å². The maximum atomic E-state index is 11.2. The van der Waals surface area contributed by atoms with Crippen LogP contribution in [0.5, 0.6) is 0 Å². The van der Waals surface area contributed by atoms with Gasteiger partial charge in [-0.2, -0.15) is 16.8 Å². The molecule has 1 fully saturated rings. The van der Waals surface area contributed by atoms with Gasteiger partial charge in [0.25, 0.3) is 0 Å². The van der Waals surface area contributed by atoms with Crippen molar-refractivity contribution in [2.45, 2.75) is 50.0 Å². The second-order valence-electron chi connectivity index (χ2n) is 6.62. The number of carboxylic acid groups (broad SMARTS) is 1. The van der Waals surface area contributed by atoms with E-state index in [1.165, 1.54) is 6.92 Å². The van der Waals surface area contributed by atoms with Crippen LogP contribution in [0.1, 0.15) is 6.92 Å². The quantitative estimate of drug-likeness (QED) is 0.181. The van der Waals surface area contributed by atoms with E-state index in [0.29, 0.717) is 6.08 Å². The molecule has 0 saturated carbocycles. The first-order valence-electron chi connectivity index (χ1n) is 8.41. The molecule has 0 radical (unpaired) electrons. The number of carbonyl (C=O) groups is 1. The van der Waals surface area contributed by atoms with Crippen molar-refractivity contribution in [3.8, 4) is 0 Å². The number of hydrogen-bond acceptors (Lipinski definition) is 13. The number of aliphatic carboxylic acids is 1. The maximum absolute atomic E-state index is 11.2. The minimum absolute atomic E-state index is 0.591. The minimum Gasteiger partial charge on any atom is -0.475 e. The van der Waals surface area contributed by atoms with Crippen LogP contribution in [0, 0.1) is 5.92 Å². The van der Waals surface area contributed by atoms with Gasteiger partial charge in [0.05, 0.1) is 18.8 Å². The molecule has 0 aromatic rings. The van der Waals surface area contributed by atoms with E-state index in [0.717, 1.165) is 0 Å². The van der Waals surface area contributed by atoms with Gasteiger partial charge in [0.2, 0.25) is 12.0 Å². The van der Waals surface area contributed by atoms with Crippen molar-refractivity contribution >= 4 is 26.8 Å². The third kappa shape index (κ3) is 7.02. The molecule has 2 aliphatic rings. The molecule has 0 amide bonds. The molecule has 180 valence electrons. The summed E-state index contributed by atoms with van der Waals surface area (Å²) in [5.74, 6) is -3.40. The number of nitrogens with two attached hydrogens (primary N) is 1. The summed E-state index contributed by atoms with van der Waals surface area (Å²) in [6.07, 6.45) is -9.82. The molecule has 0 aromatic carbocycles. The average Bonchev–Trinajstić information content (AvgIpc) is 2.61. The molecule has 31 heavy (non-hydrogen) atoms. The van der Waals surface area contributed by atoms with E-state index < -0.39 is 88.1 Å². The Hall–Kier alpha value is -1.45. The van der Waals surface area contributed by atoms with Gasteiger partial charge in [0.15, 0.2) is 12.4 Å². The van der Waals surface area contributed by atoms with Gasteiger partial charge in [-0.3, -0.25) is 9.11 Å². The van der Waals surface area contributed by atoms with Crippen LogP contribution in [0.15, 0.2) is 11.8 Å². The summed E-state index contributed by atoms with van der Waals surface area (Å²) in [7, 11) is -10.1. The summed E-state index contributed by atoms with van der Waals surface area (Å²) in [4.78, 5) is 11.2. The van der Waals surface area contributed by atoms with Crippen molar-refractivity contribution in [1.29, 1.82) is 0 Å². The summed E-state index contributed by atoms with van der Waals surface area (Å²) in [6.45, 7) is 0.506. The SMILES string of the molecule is C[C@@H]1C(N)C(O)OC(COS(=O)(=O)O)[C@H]1O[C@@H]1OC(C(=O)O)=C[C@H](O)C1OS(=O)(=O)O. The van der Waals surface area contributed by atoms with Gasteiger partial charge in [0.1, 0.15) is 12.2 Å². The van der Waals surface area contributed by atoms with Gasteiger partial charge < -0.3 is 35.3 Å². The lowest BCUT2D eigenvalue weighted by molar-refractivity contribution is -0.290. The van der Waals surface area contributed by atoms with Crippen LogP contribution in [-0.2, 0) is 48.2 Å². The lowest BCUT2D eigenvalue weighted by Gasteiger charge is -2.44. The molecular weight excluding hydrogens is 474 g/mol. The lowest BCUT2D eigenvalue weighted by Crippen LogP contribution is -2.61. The molecule has 18 heteroatoms. The second-order valence-corrected chi connectivity index (χ2v) is 8.76. The fraction of sp³-hybridized carbons (Fsp3) is 0.769. The van der Waals surface area contributed by atoms with Gasteiger partial charge in [-0.15, -0.1) is 0 Å². The van der Waals surface area contributed by atoms with E-state index >= 15 is 0 Å². The molecular formula is C13H21NO15S2. The Kier molecular flexibility index (Phi) is 7.98. The molecule has 2 rings (SSSR count). The van der Waals surface area contributed by atoms with Crippen molar-refractivity contribution in [2.24, 2.45) is 11.7 Å². The number of ether oxygens (including phenoxy) is 3. The zero-order valence-corrected chi connectivity index (χ0v) is 17.2.